The molecule has 0 amide bonds. The van der Waals surface area contributed by atoms with Crippen LogP contribution < -0.4 is 10.5 Å². The monoisotopic (exact) mass is 354 g/mol. The Bertz CT molecular complexity index is 797. The molecule has 0 bridgehead atoms. The van der Waals surface area contributed by atoms with Crippen molar-refractivity contribution in [2.45, 2.75) is 38.6 Å². The average Bonchev–Trinajstić information content (AvgIpc) is 2.93. The van der Waals surface area contributed by atoms with Crippen LogP contribution >= 0.6 is 0 Å². The van der Waals surface area contributed by atoms with Gasteiger partial charge in [0.1, 0.15) is 12.1 Å². The van der Waals surface area contributed by atoms with Crippen molar-refractivity contribution >= 4 is 5.82 Å². The Morgan fingerprint density at radius 1 is 0.962 bits per heavy atom. The van der Waals surface area contributed by atoms with Gasteiger partial charge in [-0.25, -0.2) is 14.6 Å². The SMILES string of the molecule is O=c1cccnn1CCN1CCN(c2ncnc3c2CCCCC3)CC1. The molecular formula is C19H26N6O. The molecule has 1 fully saturated rings. The topological polar surface area (TPSA) is 67.2 Å². The molecule has 2 aromatic heterocycles. The van der Waals surface area contributed by atoms with E-state index in [1.807, 2.05) is 0 Å². The molecule has 1 aliphatic heterocycles. The number of anilines is 1. The third-order valence-corrected chi connectivity index (χ3v) is 5.44. The highest BCUT2D eigenvalue weighted by Gasteiger charge is 2.22. The van der Waals surface area contributed by atoms with Crippen LogP contribution in [0.3, 0.4) is 0 Å². The Labute approximate surface area is 153 Å². The van der Waals surface area contributed by atoms with Gasteiger partial charge in [-0.15, -0.1) is 0 Å². The molecule has 4 rings (SSSR count). The molecule has 0 aromatic carbocycles. The number of fused-ring (bicyclic) bond motifs is 1. The van der Waals surface area contributed by atoms with Crippen LogP contribution in [0.1, 0.15) is 30.5 Å². The molecule has 1 aliphatic carbocycles. The second kappa shape index (κ2) is 7.95. The van der Waals surface area contributed by atoms with Gasteiger partial charge in [0.05, 0.1) is 6.54 Å². The first-order valence-electron chi connectivity index (χ1n) is 9.63. The Morgan fingerprint density at radius 2 is 1.81 bits per heavy atom. The Morgan fingerprint density at radius 3 is 2.65 bits per heavy atom. The van der Waals surface area contributed by atoms with E-state index in [0.717, 1.165) is 51.4 Å². The quantitative estimate of drug-likeness (QED) is 0.767. The van der Waals surface area contributed by atoms with Gasteiger partial charge in [0.2, 0.25) is 0 Å². The Hall–Kier alpha value is -2.28. The molecule has 0 spiro atoms. The average molecular weight is 354 g/mol. The van der Waals surface area contributed by atoms with Gasteiger partial charge in [0.25, 0.3) is 5.56 Å². The summed E-state index contributed by atoms with van der Waals surface area (Å²) in [5.74, 6) is 1.15. The zero-order valence-corrected chi connectivity index (χ0v) is 15.2. The number of nitrogens with zero attached hydrogens (tertiary/aromatic N) is 6. The standard InChI is InChI=1S/C19H26N6O/c26-18-7-4-8-22-25(18)14-11-23-9-12-24(13-10-23)19-16-5-2-1-3-6-17(16)20-15-21-19/h4,7-8,15H,1-3,5-6,9-14H2. The van der Waals surface area contributed by atoms with Gasteiger partial charge in [-0.3, -0.25) is 9.69 Å². The van der Waals surface area contributed by atoms with Gasteiger partial charge < -0.3 is 4.90 Å². The molecule has 0 unspecified atom stereocenters. The van der Waals surface area contributed by atoms with E-state index in [-0.39, 0.29) is 5.56 Å². The van der Waals surface area contributed by atoms with Crippen molar-refractivity contribution in [1.82, 2.24) is 24.6 Å². The summed E-state index contributed by atoms with van der Waals surface area (Å²) in [6.07, 6.45) is 9.37. The number of piperazine rings is 1. The van der Waals surface area contributed by atoms with Crippen LogP contribution in [0, 0.1) is 0 Å². The minimum absolute atomic E-state index is 0.0326. The smallest absolute Gasteiger partial charge is 0.266 e. The maximum atomic E-state index is 11.8. The molecule has 0 N–H and O–H groups in total. The first-order chi connectivity index (χ1) is 12.8. The lowest BCUT2D eigenvalue weighted by Gasteiger charge is -2.36. The van der Waals surface area contributed by atoms with Crippen LogP contribution in [0.15, 0.2) is 29.5 Å². The largest absolute Gasteiger partial charge is 0.354 e. The second-order valence-corrected chi connectivity index (χ2v) is 7.10. The third kappa shape index (κ3) is 3.77. The molecule has 26 heavy (non-hydrogen) atoms. The zero-order valence-electron chi connectivity index (χ0n) is 15.2. The van der Waals surface area contributed by atoms with Crippen molar-refractivity contribution < 1.29 is 0 Å². The fourth-order valence-electron chi connectivity index (χ4n) is 3.93. The summed E-state index contributed by atoms with van der Waals surface area (Å²) in [7, 11) is 0. The number of aryl methyl sites for hydroxylation is 1. The summed E-state index contributed by atoms with van der Waals surface area (Å²) in [6.45, 7) is 5.41. The van der Waals surface area contributed by atoms with Crippen LogP contribution in [0.4, 0.5) is 5.82 Å². The minimum Gasteiger partial charge on any atom is -0.354 e. The summed E-state index contributed by atoms with van der Waals surface area (Å²) in [4.78, 5) is 25.7. The van der Waals surface area contributed by atoms with Gasteiger partial charge in [0, 0.05) is 56.2 Å². The fraction of sp³-hybridized carbons (Fsp3) is 0.579. The van der Waals surface area contributed by atoms with Gasteiger partial charge in [-0.05, 0) is 31.7 Å². The first kappa shape index (κ1) is 17.1. The normalized spacial score (nSPS) is 18.4. The van der Waals surface area contributed by atoms with Crippen molar-refractivity contribution in [3.05, 3.63) is 46.3 Å². The first-order valence-corrected chi connectivity index (χ1v) is 9.63. The van der Waals surface area contributed by atoms with Crippen molar-refractivity contribution in [2.75, 3.05) is 37.6 Å². The van der Waals surface area contributed by atoms with Gasteiger partial charge in [-0.1, -0.05) is 6.42 Å². The lowest BCUT2D eigenvalue weighted by Crippen LogP contribution is -2.48. The minimum atomic E-state index is -0.0326. The van der Waals surface area contributed by atoms with Gasteiger partial charge in [0.15, 0.2) is 0 Å². The van der Waals surface area contributed by atoms with E-state index in [1.54, 1.807) is 24.7 Å². The number of hydrogen-bond donors (Lipinski definition) is 0. The number of hydrogen-bond acceptors (Lipinski definition) is 6. The van der Waals surface area contributed by atoms with Crippen molar-refractivity contribution in [1.29, 1.82) is 0 Å². The van der Waals surface area contributed by atoms with Crippen molar-refractivity contribution in [3.63, 3.8) is 0 Å². The molecule has 7 heteroatoms. The lowest BCUT2D eigenvalue weighted by atomic mass is 10.1. The summed E-state index contributed by atoms with van der Waals surface area (Å²) >= 11 is 0. The van der Waals surface area contributed by atoms with E-state index in [1.165, 1.54) is 35.2 Å². The van der Waals surface area contributed by atoms with Crippen molar-refractivity contribution in [3.8, 4) is 0 Å². The molecule has 0 radical (unpaired) electrons. The number of aromatic nitrogens is 4. The van der Waals surface area contributed by atoms with E-state index in [4.69, 9.17) is 0 Å². The van der Waals surface area contributed by atoms with Crippen LogP contribution in [-0.2, 0) is 19.4 Å². The molecule has 138 valence electrons. The molecule has 7 nitrogen and oxygen atoms in total. The van der Waals surface area contributed by atoms with Gasteiger partial charge >= 0.3 is 0 Å². The molecule has 1 saturated heterocycles. The predicted octanol–water partition coefficient (Wildman–Crippen LogP) is 1.12. The van der Waals surface area contributed by atoms with Crippen LogP contribution in [0.25, 0.3) is 0 Å². The predicted molar refractivity (Wildman–Crippen MR) is 100 cm³/mol. The maximum absolute atomic E-state index is 11.8. The highest BCUT2D eigenvalue weighted by atomic mass is 16.1. The van der Waals surface area contributed by atoms with E-state index in [0.29, 0.717) is 6.54 Å². The fourth-order valence-corrected chi connectivity index (χ4v) is 3.93. The molecule has 2 aliphatic rings. The third-order valence-electron chi connectivity index (χ3n) is 5.44. The Kier molecular flexibility index (Phi) is 5.24. The van der Waals surface area contributed by atoms with Crippen molar-refractivity contribution in [2.24, 2.45) is 0 Å². The Balaban J connectivity index is 1.37. The maximum Gasteiger partial charge on any atom is 0.266 e. The van der Waals surface area contributed by atoms with E-state index in [2.05, 4.69) is 24.9 Å². The summed E-state index contributed by atoms with van der Waals surface area (Å²) in [6, 6.07) is 3.24. The number of rotatable bonds is 4. The second-order valence-electron chi connectivity index (χ2n) is 7.10. The van der Waals surface area contributed by atoms with E-state index in [9.17, 15) is 4.79 Å². The van der Waals surface area contributed by atoms with Crippen LogP contribution in [-0.4, -0.2) is 57.4 Å². The van der Waals surface area contributed by atoms with E-state index < -0.39 is 0 Å². The highest BCUT2D eigenvalue weighted by molar-refractivity contribution is 5.49. The molecule has 0 saturated carbocycles. The molecule has 2 aromatic rings. The summed E-state index contributed by atoms with van der Waals surface area (Å²) in [5, 5.41) is 4.13. The summed E-state index contributed by atoms with van der Waals surface area (Å²) < 4.78 is 1.54. The summed E-state index contributed by atoms with van der Waals surface area (Å²) in [5.41, 5.74) is 2.60. The molecule has 0 atom stereocenters. The van der Waals surface area contributed by atoms with Crippen LogP contribution in [0.2, 0.25) is 0 Å². The molecular weight excluding hydrogens is 328 g/mol. The molecule has 3 heterocycles. The van der Waals surface area contributed by atoms with E-state index >= 15 is 0 Å². The lowest BCUT2D eigenvalue weighted by molar-refractivity contribution is 0.242. The van der Waals surface area contributed by atoms with Crippen LogP contribution in [0.5, 0.6) is 0 Å². The zero-order chi connectivity index (χ0) is 17.8. The highest BCUT2D eigenvalue weighted by Crippen LogP contribution is 2.27. The van der Waals surface area contributed by atoms with Gasteiger partial charge in [-0.2, -0.15) is 5.10 Å².